The van der Waals surface area contributed by atoms with Crippen molar-refractivity contribution in [1.82, 2.24) is 10.2 Å². The van der Waals surface area contributed by atoms with Crippen LogP contribution in [0.1, 0.15) is 65.2 Å². The van der Waals surface area contributed by atoms with Crippen LogP contribution in [0.4, 0.5) is 0 Å². The Morgan fingerprint density at radius 2 is 1.95 bits per heavy atom. The molecule has 1 atom stereocenters. The van der Waals surface area contributed by atoms with Gasteiger partial charge in [-0.15, -0.1) is 0 Å². The van der Waals surface area contributed by atoms with Gasteiger partial charge in [0.1, 0.15) is 0 Å². The maximum Gasteiger partial charge on any atom is 0.234 e. The van der Waals surface area contributed by atoms with Gasteiger partial charge in [0.25, 0.3) is 0 Å². The number of hydrogen-bond donors (Lipinski definition) is 2. The number of nitrogens with two attached hydrogens (primary N) is 1. The zero-order chi connectivity index (χ0) is 15.0. The molecule has 1 amide bonds. The molecule has 1 aliphatic carbocycles. The maximum absolute atomic E-state index is 12.0. The third-order valence-electron chi connectivity index (χ3n) is 4.41. The van der Waals surface area contributed by atoms with Gasteiger partial charge in [0.05, 0.1) is 6.54 Å². The molecule has 1 rings (SSSR count). The zero-order valence-electron chi connectivity index (χ0n) is 13.5. The maximum atomic E-state index is 12.0. The van der Waals surface area contributed by atoms with E-state index in [2.05, 4.69) is 31.1 Å². The normalized spacial score (nSPS) is 24.6. The molecule has 0 saturated heterocycles. The number of unbranched alkanes of at least 4 members (excludes halogenated alkanes) is 2. The number of rotatable bonds is 8. The van der Waals surface area contributed by atoms with Crippen LogP contribution in [0.25, 0.3) is 0 Å². The molecule has 0 radical (unpaired) electrons. The SMILES string of the molecule is CCCCCC(C)NC(=O)CN(C)C1CCC(N)CC1. The minimum Gasteiger partial charge on any atom is -0.353 e. The number of nitrogens with zero attached hydrogens (tertiary/aromatic N) is 1. The van der Waals surface area contributed by atoms with Crippen LogP contribution >= 0.6 is 0 Å². The van der Waals surface area contributed by atoms with Crippen molar-refractivity contribution in [3.8, 4) is 0 Å². The fraction of sp³-hybridized carbons (Fsp3) is 0.938. The highest BCUT2D eigenvalue weighted by Crippen LogP contribution is 2.20. The Kier molecular flexibility index (Phi) is 8.15. The molecule has 1 saturated carbocycles. The van der Waals surface area contributed by atoms with Crippen molar-refractivity contribution in [2.45, 2.75) is 83.3 Å². The number of likely N-dealkylation sites (N-methyl/N-ethyl adjacent to an activating group) is 1. The van der Waals surface area contributed by atoms with Gasteiger partial charge in [0.15, 0.2) is 0 Å². The Labute approximate surface area is 124 Å². The minimum absolute atomic E-state index is 0.159. The fourth-order valence-electron chi connectivity index (χ4n) is 2.99. The summed E-state index contributed by atoms with van der Waals surface area (Å²) < 4.78 is 0. The summed E-state index contributed by atoms with van der Waals surface area (Å²) in [5, 5.41) is 3.11. The highest BCUT2D eigenvalue weighted by Gasteiger charge is 2.23. The lowest BCUT2D eigenvalue weighted by atomic mass is 9.91. The van der Waals surface area contributed by atoms with E-state index in [1.54, 1.807) is 0 Å². The monoisotopic (exact) mass is 283 g/mol. The van der Waals surface area contributed by atoms with Crippen LogP contribution in [-0.4, -0.2) is 42.5 Å². The van der Waals surface area contributed by atoms with Crippen LogP contribution in [0.3, 0.4) is 0 Å². The summed E-state index contributed by atoms with van der Waals surface area (Å²) in [6, 6.07) is 1.19. The summed E-state index contributed by atoms with van der Waals surface area (Å²) in [5.41, 5.74) is 5.92. The van der Waals surface area contributed by atoms with Gasteiger partial charge in [0.2, 0.25) is 5.91 Å². The van der Waals surface area contributed by atoms with Crippen molar-refractivity contribution in [2.75, 3.05) is 13.6 Å². The Balaban J connectivity index is 2.20. The van der Waals surface area contributed by atoms with Gasteiger partial charge in [-0.25, -0.2) is 0 Å². The van der Waals surface area contributed by atoms with E-state index in [1.165, 1.54) is 19.3 Å². The third-order valence-corrected chi connectivity index (χ3v) is 4.41. The first-order valence-corrected chi connectivity index (χ1v) is 8.28. The van der Waals surface area contributed by atoms with E-state index in [1.807, 2.05) is 0 Å². The van der Waals surface area contributed by atoms with Crippen molar-refractivity contribution in [3.05, 3.63) is 0 Å². The van der Waals surface area contributed by atoms with Crippen LogP contribution in [0.15, 0.2) is 0 Å². The lowest BCUT2D eigenvalue weighted by molar-refractivity contribution is -0.123. The Morgan fingerprint density at radius 1 is 1.30 bits per heavy atom. The molecule has 0 aromatic rings. The second-order valence-electron chi connectivity index (χ2n) is 6.45. The number of carbonyl (C=O) groups is 1. The molecule has 1 aliphatic rings. The Bertz CT molecular complexity index is 275. The van der Waals surface area contributed by atoms with Gasteiger partial charge >= 0.3 is 0 Å². The molecule has 3 N–H and O–H groups in total. The third kappa shape index (κ3) is 6.71. The predicted molar refractivity (Wildman–Crippen MR) is 84.6 cm³/mol. The second kappa shape index (κ2) is 9.35. The largest absolute Gasteiger partial charge is 0.353 e. The molecular weight excluding hydrogens is 250 g/mol. The Hall–Kier alpha value is -0.610. The molecule has 0 heterocycles. The summed E-state index contributed by atoms with van der Waals surface area (Å²) in [7, 11) is 2.06. The van der Waals surface area contributed by atoms with Crippen LogP contribution in [0.5, 0.6) is 0 Å². The highest BCUT2D eigenvalue weighted by molar-refractivity contribution is 5.78. The fourth-order valence-corrected chi connectivity index (χ4v) is 2.99. The predicted octanol–water partition coefficient (Wildman–Crippen LogP) is 2.27. The van der Waals surface area contributed by atoms with E-state index in [4.69, 9.17) is 5.73 Å². The van der Waals surface area contributed by atoms with E-state index < -0.39 is 0 Å². The van der Waals surface area contributed by atoms with E-state index >= 15 is 0 Å². The van der Waals surface area contributed by atoms with Gasteiger partial charge in [-0.1, -0.05) is 26.2 Å². The van der Waals surface area contributed by atoms with Gasteiger partial charge in [-0.3, -0.25) is 9.69 Å². The summed E-state index contributed by atoms with van der Waals surface area (Å²) >= 11 is 0. The molecule has 0 aliphatic heterocycles. The van der Waals surface area contributed by atoms with E-state index in [-0.39, 0.29) is 5.91 Å². The molecule has 0 bridgehead atoms. The molecule has 118 valence electrons. The summed E-state index contributed by atoms with van der Waals surface area (Å²) in [5.74, 6) is 0.159. The number of hydrogen-bond acceptors (Lipinski definition) is 3. The quantitative estimate of drug-likeness (QED) is 0.672. The minimum atomic E-state index is 0.159. The first-order valence-electron chi connectivity index (χ1n) is 8.28. The molecule has 0 aromatic heterocycles. The topological polar surface area (TPSA) is 58.4 Å². The van der Waals surface area contributed by atoms with Gasteiger partial charge < -0.3 is 11.1 Å². The summed E-state index contributed by atoms with van der Waals surface area (Å²) in [4.78, 5) is 14.2. The second-order valence-corrected chi connectivity index (χ2v) is 6.45. The number of amides is 1. The highest BCUT2D eigenvalue weighted by atomic mass is 16.2. The molecule has 0 aromatic carbocycles. The lowest BCUT2D eigenvalue weighted by Gasteiger charge is -2.33. The molecule has 0 spiro atoms. The molecule has 4 nitrogen and oxygen atoms in total. The van der Waals surface area contributed by atoms with E-state index in [0.717, 1.165) is 32.1 Å². The molecule has 1 fully saturated rings. The van der Waals surface area contributed by atoms with E-state index in [0.29, 0.717) is 24.7 Å². The van der Waals surface area contributed by atoms with Crippen LogP contribution in [0.2, 0.25) is 0 Å². The van der Waals surface area contributed by atoms with Crippen LogP contribution in [-0.2, 0) is 4.79 Å². The van der Waals surface area contributed by atoms with Crippen molar-refractivity contribution in [1.29, 1.82) is 0 Å². The van der Waals surface area contributed by atoms with Gasteiger partial charge in [0, 0.05) is 18.1 Å². The molecular formula is C16H33N3O. The van der Waals surface area contributed by atoms with E-state index in [9.17, 15) is 4.79 Å². The average Bonchev–Trinajstić information content (AvgIpc) is 2.39. The van der Waals surface area contributed by atoms with Gasteiger partial charge in [-0.2, -0.15) is 0 Å². The summed E-state index contributed by atoms with van der Waals surface area (Å²) in [6.07, 6.45) is 9.19. The first-order chi connectivity index (χ1) is 9.52. The van der Waals surface area contributed by atoms with Crippen LogP contribution in [0, 0.1) is 0 Å². The van der Waals surface area contributed by atoms with Crippen molar-refractivity contribution < 1.29 is 4.79 Å². The first kappa shape index (κ1) is 17.4. The zero-order valence-corrected chi connectivity index (χ0v) is 13.5. The Morgan fingerprint density at radius 3 is 2.55 bits per heavy atom. The smallest absolute Gasteiger partial charge is 0.234 e. The average molecular weight is 283 g/mol. The van der Waals surface area contributed by atoms with Crippen molar-refractivity contribution in [2.24, 2.45) is 5.73 Å². The molecule has 20 heavy (non-hydrogen) atoms. The molecule has 4 heteroatoms. The lowest BCUT2D eigenvalue weighted by Crippen LogP contribution is -2.45. The van der Waals surface area contributed by atoms with Gasteiger partial charge in [-0.05, 0) is 46.1 Å². The van der Waals surface area contributed by atoms with Crippen LogP contribution < -0.4 is 11.1 Å². The van der Waals surface area contributed by atoms with Crippen molar-refractivity contribution >= 4 is 5.91 Å². The summed E-state index contributed by atoms with van der Waals surface area (Å²) in [6.45, 7) is 4.82. The number of carbonyl (C=O) groups excluding carboxylic acids is 1. The number of nitrogens with one attached hydrogen (secondary N) is 1. The standard InChI is InChI=1S/C16H33N3O/c1-4-5-6-7-13(2)18-16(20)12-19(3)15-10-8-14(17)9-11-15/h13-15H,4-12,17H2,1-3H3,(H,18,20). The molecule has 1 unspecified atom stereocenters. The van der Waals surface area contributed by atoms with Crippen molar-refractivity contribution in [3.63, 3.8) is 0 Å².